The van der Waals surface area contributed by atoms with Crippen molar-refractivity contribution in [3.05, 3.63) is 46.5 Å². The number of carbonyl (C=O) groups excluding carboxylic acids is 1. The number of carbonyl (C=O) groups is 1. The predicted octanol–water partition coefficient (Wildman–Crippen LogP) is 2.76. The Morgan fingerprint density at radius 3 is 2.87 bits per heavy atom. The SMILES string of the molecule is Cc1cn(-c2cccc(Br)c2C=O)cn1. The molecule has 0 atom stereocenters. The van der Waals surface area contributed by atoms with Crippen LogP contribution in [0.5, 0.6) is 0 Å². The third-order valence-corrected chi connectivity index (χ3v) is 2.83. The van der Waals surface area contributed by atoms with Crippen LogP contribution in [-0.2, 0) is 0 Å². The molecule has 0 saturated heterocycles. The van der Waals surface area contributed by atoms with Gasteiger partial charge in [-0.25, -0.2) is 4.98 Å². The Balaban J connectivity index is 2.62. The van der Waals surface area contributed by atoms with Crippen molar-refractivity contribution in [2.75, 3.05) is 0 Å². The molecule has 1 aromatic carbocycles. The average Bonchev–Trinajstić information content (AvgIpc) is 2.64. The van der Waals surface area contributed by atoms with Gasteiger partial charge in [-0.3, -0.25) is 4.79 Å². The largest absolute Gasteiger partial charge is 0.305 e. The summed E-state index contributed by atoms with van der Waals surface area (Å²) in [5.74, 6) is 0. The van der Waals surface area contributed by atoms with Crippen LogP contribution in [0.4, 0.5) is 0 Å². The number of halogens is 1. The number of aromatic nitrogens is 2. The molecule has 0 aliphatic carbocycles. The molecule has 0 bridgehead atoms. The maximum Gasteiger partial charge on any atom is 0.153 e. The molecule has 0 aliphatic rings. The molecule has 0 fully saturated rings. The third kappa shape index (κ3) is 1.85. The summed E-state index contributed by atoms with van der Waals surface area (Å²) in [6, 6.07) is 5.62. The molecule has 1 heterocycles. The lowest BCUT2D eigenvalue weighted by molar-refractivity contribution is 0.112. The first-order valence-corrected chi connectivity index (χ1v) is 5.26. The van der Waals surface area contributed by atoms with E-state index in [0.717, 1.165) is 22.1 Å². The van der Waals surface area contributed by atoms with Gasteiger partial charge >= 0.3 is 0 Å². The Labute approximate surface area is 95.9 Å². The number of hydrogen-bond acceptors (Lipinski definition) is 2. The Morgan fingerprint density at radius 2 is 2.27 bits per heavy atom. The number of benzene rings is 1. The van der Waals surface area contributed by atoms with Crippen molar-refractivity contribution in [3.8, 4) is 5.69 Å². The van der Waals surface area contributed by atoms with Crippen molar-refractivity contribution < 1.29 is 4.79 Å². The van der Waals surface area contributed by atoms with Crippen LogP contribution in [-0.4, -0.2) is 15.8 Å². The number of aldehydes is 1. The normalized spacial score (nSPS) is 10.3. The molecule has 0 spiro atoms. The van der Waals surface area contributed by atoms with Crippen LogP contribution in [0.2, 0.25) is 0 Å². The van der Waals surface area contributed by atoms with Crippen LogP contribution in [0.25, 0.3) is 5.69 Å². The molecular weight excluding hydrogens is 256 g/mol. The van der Waals surface area contributed by atoms with Crippen molar-refractivity contribution in [1.82, 2.24) is 9.55 Å². The van der Waals surface area contributed by atoms with E-state index >= 15 is 0 Å². The highest BCUT2D eigenvalue weighted by Crippen LogP contribution is 2.21. The van der Waals surface area contributed by atoms with Gasteiger partial charge in [-0.2, -0.15) is 0 Å². The van der Waals surface area contributed by atoms with Gasteiger partial charge in [-0.05, 0) is 35.0 Å². The zero-order valence-electron chi connectivity index (χ0n) is 8.14. The van der Waals surface area contributed by atoms with Gasteiger partial charge in [0.25, 0.3) is 0 Å². The van der Waals surface area contributed by atoms with Crippen molar-refractivity contribution >= 4 is 22.2 Å². The second-order valence-corrected chi connectivity index (χ2v) is 4.07. The van der Waals surface area contributed by atoms with Gasteiger partial charge in [0.15, 0.2) is 6.29 Å². The maximum absolute atomic E-state index is 11.0. The number of imidazole rings is 1. The van der Waals surface area contributed by atoms with Crippen LogP contribution in [0, 0.1) is 6.92 Å². The summed E-state index contributed by atoms with van der Waals surface area (Å²) in [7, 11) is 0. The van der Waals surface area contributed by atoms with E-state index in [4.69, 9.17) is 0 Å². The number of nitrogens with zero attached hydrogens (tertiary/aromatic N) is 2. The van der Waals surface area contributed by atoms with Gasteiger partial charge in [0.2, 0.25) is 0 Å². The lowest BCUT2D eigenvalue weighted by Gasteiger charge is -2.06. The standard InChI is InChI=1S/C11H9BrN2O/c1-8-5-14(7-13-8)11-4-2-3-10(12)9(11)6-15/h2-7H,1H3. The zero-order chi connectivity index (χ0) is 10.8. The predicted molar refractivity (Wildman–Crippen MR) is 61.4 cm³/mol. The first-order valence-electron chi connectivity index (χ1n) is 4.47. The van der Waals surface area contributed by atoms with Gasteiger partial charge in [0.1, 0.15) is 0 Å². The smallest absolute Gasteiger partial charge is 0.153 e. The summed E-state index contributed by atoms with van der Waals surface area (Å²) in [5.41, 5.74) is 2.39. The lowest BCUT2D eigenvalue weighted by Crippen LogP contribution is -1.97. The molecule has 0 saturated carbocycles. The summed E-state index contributed by atoms with van der Waals surface area (Å²) in [6.07, 6.45) is 4.42. The van der Waals surface area contributed by atoms with E-state index in [1.54, 1.807) is 6.33 Å². The summed E-state index contributed by atoms with van der Waals surface area (Å²) < 4.78 is 2.63. The van der Waals surface area contributed by atoms with E-state index in [0.29, 0.717) is 5.56 Å². The Kier molecular flexibility index (Phi) is 2.68. The Bertz CT molecular complexity index is 505. The van der Waals surface area contributed by atoms with Crippen LogP contribution in [0.15, 0.2) is 35.2 Å². The van der Waals surface area contributed by atoms with Crippen LogP contribution in [0.3, 0.4) is 0 Å². The molecule has 0 unspecified atom stereocenters. The van der Waals surface area contributed by atoms with Gasteiger partial charge in [-0.1, -0.05) is 6.07 Å². The molecule has 4 heteroatoms. The van der Waals surface area contributed by atoms with E-state index in [1.807, 2.05) is 35.9 Å². The molecule has 0 radical (unpaired) electrons. The summed E-state index contributed by atoms with van der Waals surface area (Å²) in [4.78, 5) is 15.1. The van der Waals surface area contributed by atoms with Crippen molar-refractivity contribution in [1.29, 1.82) is 0 Å². The lowest BCUT2D eigenvalue weighted by atomic mass is 10.2. The zero-order valence-corrected chi connectivity index (χ0v) is 9.73. The molecule has 0 N–H and O–H groups in total. The summed E-state index contributed by atoms with van der Waals surface area (Å²) >= 11 is 3.35. The van der Waals surface area contributed by atoms with Crippen LogP contribution < -0.4 is 0 Å². The molecule has 3 nitrogen and oxygen atoms in total. The molecule has 15 heavy (non-hydrogen) atoms. The highest BCUT2D eigenvalue weighted by molar-refractivity contribution is 9.10. The highest BCUT2D eigenvalue weighted by Gasteiger charge is 2.07. The molecule has 76 valence electrons. The van der Waals surface area contributed by atoms with E-state index in [9.17, 15) is 4.79 Å². The first-order chi connectivity index (χ1) is 7.22. The Morgan fingerprint density at radius 1 is 1.47 bits per heavy atom. The first kappa shape index (κ1) is 10.1. The number of hydrogen-bond donors (Lipinski definition) is 0. The van der Waals surface area contributed by atoms with Crippen LogP contribution in [0.1, 0.15) is 16.1 Å². The molecule has 0 aliphatic heterocycles. The van der Waals surface area contributed by atoms with Gasteiger partial charge in [0.05, 0.1) is 23.3 Å². The van der Waals surface area contributed by atoms with Gasteiger partial charge in [0, 0.05) is 10.7 Å². The minimum absolute atomic E-state index is 0.634. The molecule has 2 aromatic rings. The van der Waals surface area contributed by atoms with Crippen molar-refractivity contribution in [2.45, 2.75) is 6.92 Å². The van der Waals surface area contributed by atoms with E-state index in [-0.39, 0.29) is 0 Å². The van der Waals surface area contributed by atoms with Crippen molar-refractivity contribution in [2.24, 2.45) is 0 Å². The molecule has 0 amide bonds. The number of rotatable bonds is 2. The molecule has 2 rings (SSSR count). The van der Waals surface area contributed by atoms with Gasteiger partial charge < -0.3 is 4.57 Å². The summed E-state index contributed by atoms with van der Waals surface area (Å²) in [6.45, 7) is 1.91. The Hall–Kier alpha value is -1.42. The van der Waals surface area contributed by atoms with E-state index in [2.05, 4.69) is 20.9 Å². The molecule has 1 aromatic heterocycles. The van der Waals surface area contributed by atoms with Crippen LogP contribution >= 0.6 is 15.9 Å². The maximum atomic E-state index is 11.0. The second-order valence-electron chi connectivity index (χ2n) is 3.21. The van der Waals surface area contributed by atoms with E-state index < -0.39 is 0 Å². The summed E-state index contributed by atoms with van der Waals surface area (Å²) in [5, 5.41) is 0. The highest BCUT2D eigenvalue weighted by atomic mass is 79.9. The quantitative estimate of drug-likeness (QED) is 0.782. The second kappa shape index (κ2) is 3.98. The fourth-order valence-corrected chi connectivity index (χ4v) is 1.87. The van der Waals surface area contributed by atoms with Crippen molar-refractivity contribution in [3.63, 3.8) is 0 Å². The van der Waals surface area contributed by atoms with E-state index in [1.165, 1.54) is 0 Å². The molecular formula is C11H9BrN2O. The third-order valence-electron chi connectivity index (χ3n) is 2.14. The average molecular weight is 265 g/mol. The number of aryl methyl sites for hydroxylation is 1. The minimum atomic E-state index is 0.634. The van der Waals surface area contributed by atoms with Gasteiger partial charge in [-0.15, -0.1) is 0 Å². The fraction of sp³-hybridized carbons (Fsp3) is 0.0909. The fourth-order valence-electron chi connectivity index (χ4n) is 1.42. The minimum Gasteiger partial charge on any atom is -0.305 e. The topological polar surface area (TPSA) is 34.9 Å². The monoisotopic (exact) mass is 264 g/mol.